The highest BCUT2D eigenvalue weighted by atomic mass is 16.5. The Morgan fingerprint density at radius 2 is 2.14 bits per heavy atom. The molecule has 0 bridgehead atoms. The Hall–Kier alpha value is -1.86. The summed E-state index contributed by atoms with van der Waals surface area (Å²) in [5.41, 5.74) is 1.10. The summed E-state index contributed by atoms with van der Waals surface area (Å²) in [6.07, 6.45) is 9.10. The summed E-state index contributed by atoms with van der Waals surface area (Å²) in [7, 11) is 1.78. The number of guanidine groups is 1. The SMILES string of the molecule is CN=C(NCCCOCC1CCOC1)NCc1ccc(OC2CCCC2)nc1. The zero-order valence-electron chi connectivity index (χ0n) is 17.0. The van der Waals surface area contributed by atoms with Gasteiger partial charge in [-0.15, -0.1) is 0 Å². The van der Waals surface area contributed by atoms with E-state index >= 15 is 0 Å². The molecule has 2 heterocycles. The molecule has 28 heavy (non-hydrogen) atoms. The Morgan fingerprint density at radius 1 is 1.25 bits per heavy atom. The molecule has 0 aromatic carbocycles. The van der Waals surface area contributed by atoms with E-state index in [0.717, 1.165) is 76.1 Å². The molecule has 1 saturated carbocycles. The first kappa shape index (κ1) is 20.9. The topological polar surface area (TPSA) is 77.0 Å². The van der Waals surface area contributed by atoms with Crippen LogP contribution < -0.4 is 15.4 Å². The number of aromatic nitrogens is 1. The average molecular weight is 391 g/mol. The van der Waals surface area contributed by atoms with Crippen molar-refractivity contribution >= 4 is 5.96 Å². The van der Waals surface area contributed by atoms with Crippen LogP contribution in [-0.4, -0.2) is 57.1 Å². The van der Waals surface area contributed by atoms with Gasteiger partial charge < -0.3 is 24.8 Å². The van der Waals surface area contributed by atoms with E-state index in [1.54, 1.807) is 7.05 Å². The number of aliphatic imine (C=N–C) groups is 1. The van der Waals surface area contributed by atoms with Crippen molar-refractivity contribution in [3.05, 3.63) is 23.9 Å². The molecular formula is C21H34N4O3. The van der Waals surface area contributed by atoms with Gasteiger partial charge in [0.05, 0.1) is 13.2 Å². The minimum atomic E-state index is 0.343. The fourth-order valence-electron chi connectivity index (χ4n) is 3.51. The van der Waals surface area contributed by atoms with Crippen LogP contribution in [0, 0.1) is 5.92 Å². The minimum absolute atomic E-state index is 0.343. The number of hydrogen-bond donors (Lipinski definition) is 2. The van der Waals surface area contributed by atoms with Crippen LogP contribution in [0.5, 0.6) is 5.88 Å². The van der Waals surface area contributed by atoms with Crippen molar-refractivity contribution in [2.24, 2.45) is 10.9 Å². The van der Waals surface area contributed by atoms with E-state index in [4.69, 9.17) is 14.2 Å². The lowest BCUT2D eigenvalue weighted by Gasteiger charge is -2.14. The standard InChI is InChI=1S/C21H34N4O3/c1-22-21(23-10-4-11-26-15-18-9-12-27-16-18)25-14-17-7-8-20(24-13-17)28-19-5-2-3-6-19/h7-8,13,18-19H,2-6,9-12,14-16H2,1H3,(H2,22,23,25). The van der Waals surface area contributed by atoms with Crippen LogP contribution in [0.4, 0.5) is 0 Å². The molecule has 156 valence electrons. The third-order valence-electron chi connectivity index (χ3n) is 5.21. The van der Waals surface area contributed by atoms with E-state index in [1.807, 2.05) is 12.3 Å². The highest BCUT2D eigenvalue weighted by Gasteiger charge is 2.17. The van der Waals surface area contributed by atoms with Gasteiger partial charge in [0.15, 0.2) is 5.96 Å². The molecule has 1 aliphatic carbocycles. The molecule has 0 amide bonds. The van der Waals surface area contributed by atoms with Gasteiger partial charge in [0.2, 0.25) is 5.88 Å². The van der Waals surface area contributed by atoms with E-state index < -0.39 is 0 Å². The maximum absolute atomic E-state index is 5.91. The van der Waals surface area contributed by atoms with E-state index in [2.05, 4.69) is 26.7 Å². The van der Waals surface area contributed by atoms with Gasteiger partial charge in [0, 0.05) is 51.5 Å². The Morgan fingerprint density at radius 3 is 2.86 bits per heavy atom. The number of nitrogens with zero attached hydrogens (tertiary/aromatic N) is 2. The molecule has 1 saturated heterocycles. The minimum Gasteiger partial charge on any atom is -0.474 e. The predicted octanol–water partition coefficient (Wildman–Crippen LogP) is 2.51. The largest absolute Gasteiger partial charge is 0.474 e. The van der Waals surface area contributed by atoms with Crippen LogP contribution in [0.15, 0.2) is 23.3 Å². The molecule has 2 fully saturated rings. The lowest BCUT2D eigenvalue weighted by Crippen LogP contribution is -2.37. The van der Waals surface area contributed by atoms with Crippen molar-refractivity contribution in [3.63, 3.8) is 0 Å². The van der Waals surface area contributed by atoms with Gasteiger partial charge in [-0.3, -0.25) is 4.99 Å². The number of nitrogens with one attached hydrogen (secondary N) is 2. The molecule has 7 nitrogen and oxygen atoms in total. The fourth-order valence-corrected chi connectivity index (χ4v) is 3.51. The quantitative estimate of drug-likeness (QED) is 0.363. The van der Waals surface area contributed by atoms with E-state index in [1.165, 1.54) is 12.8 Å². The first-order chi connectivity index (χ1) is 13.8. The summed E-state index contributed by atoms with van der Waals surface area (Å²) < 4.78 is 17.0. The second kappa shape index (κ2) is 11.9. The van der Waals surface area contributed by atoms with Crippen LogP contribution in [0.1, 0.15) is 44.1 Å². The maximum atomic E-state index is 5.91. The van der Waals surface area contributed by atoms with Crippen LogP contribution >= 0.6 is 0 Å². The van der Waals surface area contributed by atoms with Crippen molar-refractivity contribution < 1.29 is 14.2 Å². The maximum Gasteiger partial charge on any atom is 0.213 e. The lowest BCUT2D eigenvalue weighted by molar-refractivity contribution is 0.0888. The van der Waals surface area contributed by atoms with Gasteiger partial charge in [-0.05, 0) is 44.1 Å². The Bertz CT molecular complexity index is 582. The zero-order chi connectivity index (χ0) is 19.4. The number of hydrogen-bond acceptors (Lipinski definition) is 5. The molecule has 3 rings (SSSR count). The van der Waals surface area contributed by atoms with Crippen LogP contribution in [-0.2, 0) is 16.0 Å². The Balaban J connectivity index is 1.26. The van der Waals surface area contributed by atoms with Crippen molar-refractivity contribution in [2.75, 3.05) is 40.0 Å². The molecule has 0 radical (unpaired) electrons. The summed E-state index contributed by atoms with van der Waals surface area (Å²) >= 11 is 0. The number of rotatable bonds is 10. The second-order valence-corrected chi connectivity index (χ2v) is 7.54. The third-order valence-corrected chi connectivity index (χ3v) is 5.21. The predicted molar refractivity (Wildman–Crippen MR) is 110 cm³/mol. The van der Waals surface area contributed by atoms with E-state index in [9.17, 15) is 0 Å². The molecule has 0 spiro atoms. The van der Waals surface area contributed by atoms with Crippen LogP contribution in [0.2, 0.25) is 0 Å². The van der Waals surface area contributed by atoms with Crippen molar-refractivity contribution in [1.29, 1.82) is 0 Å². The van der Waals surface area contributed by atoms with Crippen molar-refractivity contribution in [2.45, 2.75) is 51.2 Å². The first-order valence-corrected chi connectivity index (χ1v) is 10.5. The summed E-state index contributed by atoms with van der Waals surface area (Å²) in [4.78, 5) is 8.69. The normalized spacial score (nSPS) is 20.5. The van der Waals surface area contributed by atoms with Crippen molar-refractivity contribution in [3.8, 4) is 5.88 Å². The van der Waals surface area contributed by atoms with Crippen LogP contribution in [0.3, 0.4) is 0 Å². The lowest BCUT2D eigenvalue weighted by atomic mass is 10.1. The zero-order valence-corrected chi connectivity index (χ0v) is 17.0. The summed E-state index contributed by atoms with van der Waals surface area (Å²) in [5, 5.41) is 6.63. The molecular weight excluding hydrogens is 356 g/mol. The number of pyridine rings is 1. The Labute approximate surface area is 168 Å². The Kier molecular flexibility index (Phi) is 8.84. The average Bonchev–Trinajstić information content (AvgIpc) is 3.42. The molecule has 1 aliphatic heterocycles. The monoisotopic (exact) mass is 390 g/mol. The van der Waals surface area contributed by atoms with Gasteiger partial charge in [-0.2, -0.15) is 0 Å². The van der Waals surface area contributed by atoms with E-state index in [0.29, 0.717) is 18.6 Å². The first-order valence-electron chi connectivity index (χ1n) is 10.5. The van der Waals surface area contributed by atoms with E-state index in [-0.39, 0.29) is 0 Å². The molecule has 7 heteroatoms. The molecule has 2 N–H and O–H groups in total. The van der Waals surface area contributed by atoms with Gasteiger partial charge in [0.1, 0.15) is 6.10 Å². The molecule has 1 atom stereocenters. The summed E-state index contributed by atoms with van der Waals surface area (Å²) in [5.74, 6) is 2.09. The fraction of sp³-hybridized carbons (Fsp3) is 0.714. The third kappa shape index (κ3) is 7.28. The second-order valence-electron chi connectivity index (χ2n) is 7.54. The van der Waals surface area contributed by atoms with Gasteiger partial charge in [-0.1, -0.05) is 6.07 Å². The van der Waals surface area contributed by atoms with Crippen LogP contribution in [0.25, 0.3) is 0 Å². The number of ether oxygens (including phenoxy) is 3. The van der Waals surface area contributed by atoms with Gasteiger partial charge in [0.25, 0.3) is 0 Å². The highest BCUT2D eigenvalue weighted by molar-refractivity contribution is 5.79. The van der Waals surface area contributed by atoms with Crippen molar-refractivity contribution in [1.82, 2.24) is 15.6 Å². The summed E-state index contributed by atoms with van der Waals surface area (Å²) in [6.45, 7) is 4.79. The molecule has 1 unspecified atom stereocenters. The smallest absolute Gasteiger partial charge is 0.213 e. The molecule has 1 aromatic rings. The van der Waals surface area contributed by atoms with Gasteiger partial charge in [-0.25, -0.2) is 4.98 Å². The molecule has 1 aromatic heterocycles. The molecule has 2 aliphatic rings. The highest BCUT2D eigenvalue weighted by Crippen LogP contribution is 2.22. The van der Waals surface area contributed by atoms with Gasteiger partial charge >= 0.3 is 0 Å². The summed E-state index contributed by atoms with van der Waals surface area (Å²) in [6, 6.07) is 4.01.